The summed E-state index contributed by atoms with van der Waals surface area (Å²) in [4.78, 5) is 16.9. The highest BCUT2D eigenvalue weighted by Crippen LogP contribution is 2.36. The molecule has 1 aliphatic rings. The molecule has 2 aromatic carbocycles. The van der Waals surface area contributed by atoms with Gasteiger partial charge in [-0.3, -0.25) is 4.79 Å². The van der Waals surface area contributed by atoms with E-state index in [1.165, 1.54) is 16.8 Å². The molecule has 30 heavy (non-hydrogen) atoms. The molecule has 5 nitrogen and oxygen atoms in total. The van der Waals surface area contributed by atoms with Gasteiger partial charge in [0, 0.05) is 37.9 Å². The number of amides is 1. The third-order valence-electron chi connectivity index (χ3n) is 5.47. The number of hydrogen-bond donors (Lipinski definition) is 0. The number of anilines is 1. The van der Waals surface area contributed by atoms with Crippen LogP contribution in [0.25, 0.3) is 6.08 Å². The van der Waals surface area contributed by atoms with Crippen LogP contribution in [-0.4, -0.2) is 50.7 Å². The van der Waals surface area contributed by atoms with Crippen molar-refractivity contribution in [2.75, 3.05) is 44.8 Å². The van der Waals surface area contributed by atoms with Crippen LogP contribution in [0.15, 0.2) is 36.4 Å². The molecule has 1 saturated heterocycles. The molecule has 0 atom stereocenters. The molecule has 1 aliphatic heterocycles. The van der Waals surface area contributed by atoms with Gasteiger partial charge in [-0.25, -0.2) is 0 Å². The monoisotopic (exact) mass is 428 g/mol. The summed E-state index contributed by atoms with van der Waals surface area (Å²) < 4.78 is 10.9. The lowest BCUT2D eigenvalue weighted by molar-refractivity contribution is -0.126. The van der Waals surface area contributed by atoms with Crippen LogP contribution in [0.5, 0.6) is 11.5 Å². The van der Waals surface area contributed by atoms with E-state index in [2.05, 4.69) is 36.9 Å². The van der Waals surface area contributed by atoms with E-state index in [0.29, 0.717) is 36.2 Å². The van der Waals surface area contributed by atoms with Crippen LogP contribution in [0, 0.1) is 13.8 Å². The molecule has 6 heteroatoms. The molecule has 2 aromatic rings. The first kappa shape index (κ1) is 22.0. The Labute approximate surface area is 183 Å². The van der Waals surface area contributed by atoms with Gasteiger partial charge in [-0.2, -0.15) is 0 Å². The first-order valence-corrected chi connectivity index (χ1v) is 10.6. The van der Waals surface area contributed by atoms with Gasteiger partial charge in [-0.15, -0.1) is 0 Å². The molecule has 1 heterocycles. The molecule has 160 valence electrons. The largest absolute Gasteiger partial charge is 0.493 e. The van der Waals surface area contributed by atoms with Crippen molar-refractivity contribution in [2.24, 2.45) is 0 Å². The number of methoxy groups -OCH3 is 1. The minimum atomic E-state index is -0.000381. The number of ether oxygens (including phenoxy) is 2. The third kappa shape index (κ3) is 4.90. The Kier molecular flexibility index (Phi) is 7.27. The molecule has 1 amide bonds. The molecule has 0 bridgehead atoms. The summed E-state index contributed by atoms with van der Waals surface area (Å²) in [6.07, 6.45) is 3.36. The molecule has 0 unspecified atom stereocenters. The van der Waals surface area contributed by atoms with Crippen LogP contribution in [-0.2, 0) is 4.79 Å². The van der Waals surface area contributed by atoms with E-state index in [9.17, 15) is 4.79 Å². The number of halogens is 1. The second-order valence-corrected chi connectivity index (χ2v) is 7.74. The number of benzene rings is 2. The molecular formula is C24H29ClN2O3. The highest BCUT2D eigenvalue weighted by atomic mass is 35.5. The number of hydrogen-bond acceptors (Lipinski definition) is 4. The van der Waals surface area contributed by atoms with Gasteiger partial charge in [0.05, 0.1) is 18.7 Å². The van der Waals surface area contributed by atoms with E-state index in [4.69, 9.17) is 21.1 Å². The Bertz CT molecular complexity index is 934. The predicted molar refractivity (Wildman–Crippen MR) is 123 cm³/mol. The van der Waals surface area contributed by atoms with Gasteiger partial charge in [-0.1, -0.05) is 23.7 Å². The van der Waals surface area contributed by atoms with E-state index in [0.717, 1.165) is 18.7 Å². The smallest absolute Gasteiger partial charge is 0.246 e. The molecule has 0 radical (unpaired) electrons. The van der Waals surface area contributed by atoms with Gasteiger partial charge in [0.15, 0.2) is 11.5 Å². The van der Waals surface area contributed by atoms with Gasteiger partial charge in [0.25, 0.3) is 0 Å². The van der Waals surface area contributed by atoms with Crippen molar-refractivity contribution in [1.29, 1.82) is 0 Å². The number of aryl methyl sites for hydroxylation is 1. The summed E-state index contributed by atoms with van der Waals surface area (Å²) in [6, 6.07) is 9.97. The van der Waals surface area contributed by atoms with Crippen molar-refractivity contribution in [2.45, 2.75) is 20.8 Å². The number of rotatable bonds is 6. The zero-order valence-corrected chi connectivity index (χ0v) is 18.8. The van der Waals surface area contributed by atoms with Crippen molar-refractivity contribution >= 4 is 29.3 Å². The Morgan fingerprint density at radius 1 is 1.17 bits per heavy atom. The second kappa shape index (κ2) is 9.90. The third-order valence-corrected chi connectivity index (χ3v) is 5.75. The van der Waals surface area contributed by atoms with Gasteiger partial charge < -0.3 is 19.3 Å². The maximum atomic E-state index is 12.7. The summed E-state index contributed by atoms with van der Waals surface area (Å²) in [5.41, 5.74) is 4.65. The molecule has 3 rings (SSSR count). The summed E-state index contributed by atoms with van der Waals surface area (Å²) in [7, 11) is 1.57. The minimum absolute atomic E-state index is 0.000381. The van der Waals surface area contributed by atoms with E-state index in [-0.39, 0.29) is 5.91 Å². The Balaban J connectivity index is 1.64. The fourth-order valence-electron chi connectivity index (χ4n) is 3.64. The fourth-order valence-corrected chi connectivity index (χ4v) is 3.91. The van der Waals surface area contributed by atoms with Crippen LogP contribution in [0.3, 0.4) is 0 Å². The van der Waals surface area contributed by atoms with Crippen LogP contribution in [0.1, 0.15) is 23.6 Å². The predicted octanol–water partition coefficient (Wildman–Crippen LogP) is 4.73. The molecule has 0 spiro atoms. The van der Waals surface area contributed by atoms with Gasteiger partial charge in [-0.05, 0) is 61.7 Å². The van der Waals surface area contributed by atoms with E-state index < -0.39 is 0 Å². The molecule has 0 aliphatic carbocycles. The molecule has 0 saturated carbocycles. The summed E-state index contributed by atoms with van der Waals surface area (Å²) >= 11 is 6.31. The maximum absolute atomic E-state index is 12.7. The van der Waals surface area contributed by atoms with Crippen LogP contribution in [0.2, 0.25) is 5.02 Å². The van der Waals surface area contributed by atoms with Crippen molar-refractivity contribution in [1.82, 2.24) is 4.90 Å². The fraction of sp³-hybridized carbons (Fsp3) is 0.375. The molecular weight excluding hydrogens is 400 g/mol. The quantitative estimate of drug-likeness (QED) is 0.624. The van der Waals surface area contributed by atoms with E-state index >= 15 is 0 Å². The SMILES string of the molecule is CCOc1c(Cl)cc(/C=C/C(=O)N2CCN(c3cccc(C)c3C)CC2)cc1OC. The molecule has 0 aromatic heterocycles. The van der Waals surface area contributed by atoms with E-state index in [1.54, 1.807) is 25.3 Å². The van der Waals surface area contributed by atoms with Crippen molar-refractivity contribution in [3.63, 3.8) is 0 Å². The van der Waals surface area contributed by atoms with Crippen LogP contribution in [0.4, 0.5) is 5.69 Å². The lowest BCUT2D eigenvalue weighted by atomic mass is 10.1. The summed E-state index contributed by atoms with van der Waals surface area (Å²) in [6.45, 7) is 9.72. The Morgan fingerprint density at radius 3 is 2.57 bits per heavy atom. The Hall–Kier alpha value is -2.66. The van der Waals surface area contributed by atoms with E-state index in [1.807, 2.05) is 17.9 Å². The first-order chi connectivity index (χ1) is 14.4. The topological polar surface area (TPSA) is 42.0 Å². The minimum Gasteiger partial charge on any atom is -0.493 e. The zero-order valence-electron chi connectivity index (χ0n) is 18.1. The highest BCUT2D eigenvalue weighted by molar-refractivity contribution is 6.32. The maximum Gasteiger partial charge on any atom is 0.246 e. The lowest BCUT2D eigenvalue weighted by Crippen LogP contribution is -2.48. The van der Waals surface area contributed by atoms with Crippen molar-refractivity contribution in [3.8, 4) is 11.5 Å². The van der Waals surface area contributed by atoms with Crippen LogP contribution >= 0.6 is 11.6 Å². The second-order valence-electron chi connectivity index (χ2n) is 7.33. The van der Waals surface area contributed by atoms with Gasteiger partial charge in [0.1, 0.15) is 0 Å². The summed E-state index contributed by atoms with van der Waals surface area (Å²) in [5, 5.41) is 0.463. The number of piperazine rings is 1. The zero-order chi connectivity index (χ0) is 21.7. The number of carbonyl (C=O) groups excluding carboxylic acids is 1. The average molecular weight is 429 g/mol. The van der Waals surface area contributed by atoms with Crippen molar-refractivity contribution in [3.05, 3.63) is 58.1 Å². The van der Waals surface area contributed by atoms with Gasteiger partial charge in [0.2, 0.25) is 5.91 Å². The summed E-state index contributed by atoms with van der Waals surface area (Å²) in [5.74, 6) is 1.07. The van der Waals surface area contributed by atoms with Gasteiger partial charge >= 0.3 is 0 Å². The number of nitrogens with zero attached hydrogens (tertiary/aromatic N) is 2. The highest BCUT2D eigenvalue weighted by Gasteiger charge is 2.21. The average Bonchev–Trinajstić information content (AvgIpc) is 2.75. The van der Waals surface area contributed by atoms with Crippen molar-refractivity contribution < 1.29 is 14.3 Å². The first-order valence-electron chi connectivity index (χ1n) is 10.2. The normalized spacial score (nSPS) is 14.3. The number of carbonyl (C=O) groups is 1. The van der Waals surface area contributed by atoms with Crippen LogP contribution < -0.4 is 14.4 Å². The Morgan fingerprint density at radius 2 is 1.90 bits per heavy atom. The lowest BCUT2D eigenvalue weighted by Gasteiger charge is -2.36. The standard InChI is InChI=1S/C24H29ClN2O3/c1-5-30-24-20(25)15-19(16-22(24)29-4)9-10-23(28)27-13-11-26(12-14-27)21-8-6-7-17(2)18(21)3/h6-10,15-16H,5,11-14H2,1-4H3/b10-9+. The molecule has 1 fully saturated rings. The molecule has 0 N–H and O–H groups in total.